The summed E-state index contributed by atoms with van der Waals surface area (Å²) in [7, 11) is 0. The highest BCUT2D eigenvalue weighted by Gasteiger charge is 2.35. The molecule has 0 unspecified atom stereocenters. The smallest absolute Gasteiger partial charge is 0.196 e. The summed E-state index contributed by atoms with van der Waals surface area (Å²) in [6.45, 7) is 6.90. The second-order valence-corrected chi connectivity index (χ2v) is 3.74. The van der Waals surface area contributed by atoms with Crippen molar-refractivity contribution in [1.29, 1.82) is 0 Å². The van der Waals surface area contributed by atoms with Crippen molar-refractivity contribution < 1.29 is 8.78 Å². The number of benzene rings is 1. The molecule has 1 aromatic rings. The van der Waals surface area contributed by atoms with Gasteiger partial charge in [-0.2, -0.15) is 8.78 Å². The number of rotatable bonds is 4. The molecule has 0 bridgehead atoms. The molecule has 0 heterocycles. The van der Waals surface area contributed by atoms with E-state index in [2.05, 4.69) is 6.58 Å². The zero-order chi connectivity index (χ0) is 12.9. The second kappa shape index (κ2) is 5.58. The van der Waals surface area contributed by atoms with Crippen LogP contribution >= 0.6 is 0 Å². The number of hydrogen-bond donors (Lipinski definition) is 0. The van der Waals surface area contributed by atoms with E-state index in [1.54, 1.807) is 38.1 Å². The topological polar surface area (TPSA) is 0 Å². The van der Waals surface area contributed by atoms with Gasteiger partial charge >= 0.3 is 0 Å². The van der Waals surface area contributed by atoms with Crippen LogP contribution in [0.3, 0.4) is 0 Å². The van der Waals surface area contributed by atoms with Crippen molar-refractivity contribution in [2.75, 3.05) is 0 Å². The average Bonchev–Trinajstić information content (AvgIpc) is 2.36. The van der Waals surface area contributed by atoms with E-state index in [9.17, 15) is 8.78 Å². The third-order valence-corrected chi connectivity index (χ3v) is 2.54. The first-order chi connectivity index (χ1) is 8.04. The van der Waals surface area contributed by atoms with E-state index < -0.39 is 5.92 Å². The van der Waals surface area contributed by atoms with Gasteiger partial charge < -0.3 is 0 Å². The lowest BCUT2D eigenvalue weighted by Gasteiger charge is -2.20. The average molecular weight is 234 g/mol. The first-order valence-electron chi connectivity index (χ1n) is 5.43. The molecule has 1 aromatic carbocycles. The summed E-state index contributed by atoms with van der Waals surface area (Å²) in [5.41, 5.74) is 0.465. The summed E-state index contributed by atoms with van der Waals surface area (Å²) in [6, 6.07) is 7.80. The first-order valence-corrected chi connectivity index (χ1v) is 5.43. The Morgan fingerprint density at radius 2 is 1.82 bits per heavy atom. The van der Waals surface area contributed by atoms with Crippen molar-refractivity contribution in [2.24, 2.45) is 0 Å². The standard InChI is InChI=1S/C15H16F2/c1-4-9-14(12(3)5-2)15(16,17)13-10-7-6-8-11-13/h4-11H,2H2,1,3H3/b9-4-,14-12+. The van der Waals surface area contributed by atoms with Crippen LogP contribution < -0.4 is 0 Å². The molecular weight excluding hydrogens is 218 g/mol. The number of hydrogen-bond acceptors (Lipinski definition) is 0. The number of allylic oxidation sites excluding steroid dienone is 5. The molecule has 0 aliphatic heterocycles. The summed E-state index contributed by atoms with van der Waals surface area (Å²) in [4.78, 5) is 0. The first kappa shape index (κ1) is 13.4. The van der Waals surface area contributed by atoms with Gasteiger partial charge in [0, 0.05) is 11.1 Å². The molecule has 0 atom stereocenters. The van der Waals surface area contributed by atoms with Gasteiger partial charge in [0.15, 0.2) is 0 Å². The van der Waals surface area contributed by atoms with Crippen LogP contribution in [0.5, 0.6) is 0 Å². The van der Waals surface area contributed by atoms with Gasteiger partial charge in [-0.25, -0.2) is 0 Å². The van der Waals surface area contributed by atoms with Crippen molar-refractivity contribution in [3.05, 3.63) is 71.8 Å². The zero-order valence-electron chi connectivity index (χ0n) is 10.1. The summed E-state index contributed by atoms with van der Waals surface area (Å²) in [5, 5.41) is 0. The van der Waals surface area contributed by atoms with Crippen LogP contribution in [-0.4, -0.2) is 0 Å². The number of alkyl halides is 2. The third-order valence-electron chi connectivity index (χ3n) is 2.54. The molecule has 0 aliphatic carbocycles. The molecule has 0 amide bonds. The Balaban J connectivity index is 3.33. The van der Waals surface area contributed by atoms with Gasteiger partial charge in [-0.05, 0) is 19.4 Å². The van der Waals surface area contributed by atoms with Crippen LogP contribution in [0.25, 0.3) is 0 Å². The minimum absolute atomic E-state index is 0.00528. The summed E-state index contributed by atoms with van der Waals surface area (Å²) in [6.07, 6.45) is 4.50. The molecule has 0 nitrogen and oxygen atoms in total. The van der Waals surface area contributed by atoms with Crippen LogP contribution in [0.4, 0.5) is 8.78 Å². The SMILES string of the molecule is C=C/C(C)=C(\C=C/C)C(F)(F)c1ccccc1. The lowest BCUT2D eigenvalue weighted by molar-refractivity contribution is 0.0412. The van der Waals surface area contributed by atoms with Gasteiger partial charge in [0.1, 0.15) is 0 Å². The zero-order valence-corrected chi connectivity index (χ0v) is 10.1. The molecule has 0 saturated carbocycles. The lowest BCUT2D eigenvalue weighted by atomic mass is 9.96. The van der Waals surface area contributed by atoms with E-state index >= 15 is 0 Å². The van der Waals surface area contributed by atoms with E-state index in [4.69, 9.17) is 0 Å². The molecular formula is C15H16F2. The molecule has 0 radical (unpaired) electrons. The van der Waals surface area contributed by atoms with Gasteiger partial charge in [-0.15, -0.1) is 0 Å². The van der Waals surface area contributed by atoms with Crippen molar-refractivity contribution in [2.45, 2.75) is 19.8 Å². The predicted octanol–water partition coefficient (Wildman–Crippen LogP) is 4.86. The van der Waals surface area contributed by atoms with E-state index in [0.717, 1.165) is 0 Å². The summed E-state index contributed by atoms with van der Waals surface area (Å²) < 4.78 is 28.6. The van der Waals surface area contributed by atoms with Crippen LogP contribution in [0.2, 0.25) is 0 Å². The van der Waals surface area contributed by atoms with E-state index in [0.29, 0.717) is 5.57 Å². The molecule has 1 rings (SSSR count). The molecule has 2 heteroatoms. The van der Waals surface area contributed by atoms with Crippen molar-refractivity contribution >= 4 is 0 Å². The Bertz CT molecular complexity index is 439. The third kappa shape index (κ3) is 2.90. The second-order valence-electron chi connectivity index (χ2n) is 3.74. The fraction of sp³-hybridized carbons (Fsp3) is 0.200. The van der Waals surface area contributed by atoms with Gasteiger partial charge in [0.2, 0.25) is 0 Å². The maximum absolute atomic E-state index is 14.3. The lowest BCUT2D eigenvalue weighted by Crippen LogP contribution is -2.16. The summed E-state index contributed by atoms with van der Waals surface area (Å²) in [5.74, 6) is -2.99. The maximum Gasteiger partial charge on any atom is 0.298 e. The van der Waals surface area contributed by atoms with Gasteiger partial charge in [0.25, 0.3) is 5.92 Å². The number of halogens is 2. The molecule has 0 aromatic heterocycles. The van der Waals surface area contributed by atoms with Crippen molar-refractivity contribution in [1.82, 2.24) is 0 Å². The van der Waals surface area contributed by atoms with Crippen molar-refractivity contribution in [3.8, 4) is 0 Å². The normalized spacial score (nSPS) is 13.6. The van der Waals surface area contributed by atoms with Gasteiger partial charge in [-0.3, -0.25) is 0 Å². The van der Waals surface area contributed by atoms with Gasteiger partial charge in [-0.1, -0.05) is 55.1 Å². The fourth-order valence-corrected chi connectivity index (χ4v) is 1.56. The molecule has 0 N–H and O–H groups in total. The molecule has 0 aliphatic rings. The predicted molar refractivity (Wildman–Crippen MR) is 68.0 cm³/mol. The highest BCUT2D eigenvalue weighted by Crippen LogP contribution is 2.38. The van der Waals surface area contributed by atoms with Crippen LogP contribution in [0.1, 0.15) is 19.4 Å². The Hall–Kier alpha value is -1.70. The van der Waals surface area contributed by atoms with E-state index in [1.165, 1.54) is 24.3 Å². The monoisotopic (exact) mass is 234 g/mol. The van der Waals surface area contributed by atoms with Crippen LogP contribution in [-0.2, 0) is 5.92 Å². The van der Waals surface area contributed by atoms with Crippen LogP contribution in [0, 0.1) is 0 Å². The Morgan fingerprint density at radius 1 is 1.24 bits per heavy atom. The van der Waals surface area contributed by atoms with Crippen molar-refractivity contribution in [3.63, 3.8) is 0 Å². The summed E-state index contributed by atoms with van der Waals surface area (Å²) >= 11 is 0. The molecule has 0 fully saturated rings. The molecule has 17 heavy (non-hydrogen) atoms. The Morgan fingerprint density at radius 3 is 2.29 bits per heavy atom. The van der Waals surface area contributed by atoms with Crippen LogP contribution in [0.15, 0.2) is 66.3 Å². The van der Waals surface area contributed by atoms with E-state index in [1.807, 2.05) is 0 Å². The minimum atomic E-state index is -2.99. The molecule has 90 valence electrons. The Labute approximate surface area is 101 Å². The molecule has 0 saturated heterocycles. The quantitative estimate of drug-likeness (QED) is 0.653. The minimum Gasteiger partial charge on any atom is -0.196 e. The van der Waals surface area contributed by atoms with E-state index in [-0.39, 0.29) is 11.1 Å². The highest BCUT2D eigenvalue weighted by molar-refractivity contribution is 5.41. The maximum atomic E-state index is 14.3. The van der Waals surface area contributed by atoms with Gasteiger partial charge in [0.05, 0.1) is 0 Å². The fourth-order valence-electron chi connectivity index (χ4n) is 1.56. The largest absolute Gasteiger partial charge is 0.298 e. The Kier molecular flexibility index (Phi) is 4.38. The molecule has 0 spiro atoms. The highest BCUT2D eigenvalue weighted by atomic mass is 19.3.